The zero-order valence-electron chi connectivity index (χ0n) is 12.4. The maximum atomic E-state index is 14.1. The van der Waals surface area contributed by atoms with Crippen LogP contribution in [0.25, 0.3) is 10.9 Å². The lowest BCUT2D eigenvalue weighted by atomic mass is 10.0. The fourth-order valence-electron chi connectivity index (χ4n) is 2.82. The molecule has 1 aromatic heterocycles. The highest BCUT2D eigenvalue weighted by Gasteiger charge is 2.30. The Balaban J connectivity index is 2.50. The number of hydrogen-bond donors (Lipinski definition) is 2. The van der Waals surface area contributed by atoms with E-state index in [-0.39, 0.29) is 22.5 Å². The monoisotopic (exact) mass is 384 g/mol. The summed E-state index contributed by atoms with van der Waals surface area (Å²) in [5.41, 5.74) is -0.392. The van der Waals surface area contributed by atoms with Gasteiger partial charge < -0.3 is 19.7 Å². The van der Waals surface area contributed by atoms with Crippen LogP contribution in [0.3, 0.4) is 0 Å². The van der Waals surface area contributed by atoms with Crippen LogP contribution in [0.15, 0.2) is 15.3 Å². The highest BCUT2D eigenvalue weighted by molar-refractivity contribution is 9.10. The molecule has 3 rings (SSSR count). The number of pyridine rings is 1. The van der Waals surface area contributed by atoms with Crippen molar-refractivity contribution in [2.75, 3.05) is 18.5 Å². The van der Waals surface area contributed by atoms with Crippen LogP contribution in [0.2, 0.25) is 0 Å². The lowest BCUT2D eigenvalue weighted by molar-refractivity contribution is 0.0520. The van der Waals surface area contributed by atoms with Crippen LogP contribution in [0.1, 0.15) is 30.2 Å². The molecule has 2 aromatic rings. The second-order valence-electron chi connectivity index (χ2n) is 5.29. The van der Waals surface area contributed by atoms with Gasteiger partial charge in [-0.2, -0.15) is 0 Å². The summed E-state index contributed by atoms with van der Waals surface area (Å²) in [6, 6.07) is 0.819. The SMILES string of the molecule is CCOC(=O)c1c(O)c2cc(F)c(Br)c3c2n(c1=O)[C@@H](C)CN3. The largest absolute Gasteiger partial charge is 0.506 e. The van der Waals surface area contributed by atoms with E-state index in [1.807, 2.05) is 0 Å². The quantitative estimate of drug-likeness (QED) is 0.778. The summed E-state index contributed by atoms with van der Waals surface area (Å²) < 4.78 is 20.5. The lowest BCUT2D eigenvalue weighted by Crippen LogP contribution is -2.35. The minimum absolute atomic E-state index is 0.0623. The van der Waals surface area contributed by atoms with E-state index < -0.39 is 28.7 Å². The van der Waals surface area contributed by atoms with Crippen molar-refractivity contribution < 1.29 is 19.0 Å². The molecule has 0 radical (unpaired) electrons. The van der Waals surface area contributed by atoms with Gasteiger partial charge in [0.25, 0.3) is 5.56 Å². The van der Waals surface area contributed by atoms with Crippen molar-refractivity contribution in [3.63, 3.8) is 0 Å². The number of carbonyl (C=O) groups excluding carboxylic acids is 1. The molecule has 2 heterocycles. The Kier molecular flexibility index (Phi) is 3.79. The second kappa shape index (κ2) is 5.52. The molecule has 0 aliphatic carbocycles. The van der Waals surface area contributed by atoms with Crippen molar-refractivity contribution in [3.05, 3.63) is 32.3 Å². The predicted molar refractivity (Wildman–Crippen MR) is 86.7 cm³/mol. The molecule has 0 saturated heterocycles. The summed E-state index contributed by atoms with van der Waals surface area (Å²) in [4.78, 5) is 24.8. The smallest absolute Gasteiger partial charge is 0.347 e. The van der Waals surface area contributed by atoms with Gasteiger partial charge in [0.1, 0.15) is 11.6 Å². The number of rotatable bonds is 2. The van der Waals surface area contributed by atoms with E-state index in [9.17, 15) is 19.1 Å². The number of aromatic hydroxyl groups is 1. The third-order valence-corrected chi connectivity index (χ3v) is 4.63. The molecule has 0 amide bonds. The molecule has 1 atom stereocenters. The summed E-state index contributed by atoms with van der Waals surface area (Å²) in [5, 5.41) is 13.5. The van der Waals surface area contributed by atoms with E-state index in [0.717, 1.165) is 6.07 Å². The molecule has 1 aromatic carbocycles. The number of nitrogens with one attached hydrogen (secondary N) is 1. The molecule has 0 spiro atoms. The minimum Gasteiger partial charge on any atom is -0.506 e. The number of carbonyl (C=O) groups is 1. The number of hydrogen-bond acceptors (Lipinski definition) is 5. The molecule has 1 aliphatic heterocycles. The standard InChI is InChI=1S/C15H14BrFN2O4/c1-3-23-15(22)9-13(20)7-4-8(17)10(16)11-12(7)19(14(9)21)6(2)5-18-11/h4,6,18,20H,3,5H2,1-2H3/t6-/m0/s1. The van der Waals surface area contributed by atoms with Crippen molar-refractivity contribution in [1.29, 1.82) is 0 Å². The number of anilines is 1. The molecule has 0 unspecified atom stereocenters. The number of ether oxygens (including phenoxy) is 1. The van der Waals surface area contributed by atoms with E-state index in [1.54, 1.807) is 13.8 Å². The first-order chi connectivity index (χ1) is 10.9. The predicted octanol–water partition coefficient (Wildman–Crippen LogP) is 2.77. The number of halogens is 2. The lowest BCUT2D eigenvalue weighted by Gasteiger charge is -2.28. The third kappa shape index (κ3) is 2.20. The summed E-state index contributed by atoms with van der Waals surface area (Å²) in [6.07, 6.45) is 0. The van der Waals surface area contributed by atoms with Gasteiger partial charge >= 0.3 is 5.97 Å². The van der Waals surface area contributed by atoms with Gasteiger partial charge in [0, 0.05) is 11.9 Å². The average Bonchev–Trinajstić information content (AvgIpc) is 2.49. The summed E-state index contributed by atoms with van der Waals surface area (Å²) in [5.74, 6) is -2.09. The fraction of sp³-hybridized carbons (Fsp3) is 0.333. The number of nitrogens with zero attached hydrogens (tertiary/aromatic N) is 1. The molecule has 0 fully saturated rings. The molecule has 8 heteroatoms. The second-order valence-corrected chi connectivity index (χ2v) is 6.09. The Morgan fingerprint density at radius 3 is 2.96 bits per heavy atom. The molecule has 1 aliphatic rings. The average molecular weight is 385 g/mol. The number of benzene rings is 1. The molecule has 2 N–H and O–H groups in total. The summed E-state index contributed by atoms with van der Waals surface area (Å²) >= 11 is 3.14. The normalized spacial score (nSPS) is 16.3. The van der Waals surface area contributed by atoms with Crippen LogP contribution in [-0.2, 0) is 4.74 Å². The Hall–Kier alpha value is -2.09. The van der Waals surface area contributed by atoms with E-state index in [0.29, 0.717) is 17.7 Å². The van der Waals surface area contributed by atoms with Crippen molar-refractivity contribution >= 4 is 38.5 Å². The van der Waals surface area contributed by atoms with Gasteiger partial charge in [-0.25, -0.2) is 9.18 Å². The molecule has 23 heavy (non-hydrogen) atoms. The van der Waals surface area contributed by atoms with Gasteiger partial charge in [-0.1, -0.05) is 0 Å². The topological polar surface area (TPSA) is 80.6 Å². The van der Waals surface area contributed by atoms with Gasteiger partial charge in [0.2, 0.25) is 0 Å². The first-order valence-corrected chi connectivity index (χ1v) is 7.87. The maximum Gasteiger partial charge on any atom is 0.347 e. The Morgan fingerprint density at radius 2 is 2.30 bits per heavy atom. The van der Waals surface area contributed by atoms with Crippen LogP contribution in [0.5, 0.6) is 5.75 Å². The number of esters is 1. The number of aromatic nitrogens is 1. The highest BCUT2D eigenvalue weighted by atomic mass is 79.9. The van der Waals surface area contributed by atoms with Gasteiger partial charge in [0.15, 0.2) is 5.56 Å². The molecule has 0 saturated carbocycles. The molecule has 122 valence electrons. The molecular formula is C15H14BrFN2O4. The van der Waals surface area contributed by atoms with Crippen LogP contribution in [-0.4, -0.2) is 28.8 Å². The molecule has 0 bridgehead atoms. The Labute approximate surface area is 139 Å². The van der Waals surface area contributed by atoms with E-state index in [4.69, 9.17) is 4.74 Å². The molecule has 6 nitrogen and oxygen atoms in total. The van der Waals surface area contributed by atoms with Gasteiger partial charge in [0.05, 0.1) is 28.3 Å². The van der Waals surface area contributed by atoms with E-state index >= 15 is 0 Å². The van der Waals surface area contributed by atoms with Crippen LogP contribution in [0.4, 0.5) is 10.1 Å². The van der Waals surface area contributed by atoms with Crippen molar-refractivity contribution in [2.45, 2.75) is 19.9 Å². The summed E-state index contributed by atoms with van der Waals surface area (Å²) in [6.45, 7) is 3.84. The van der Waals surface area contributed by atoms with Crippen LogP contribution in [0, 0.1) is 5.82 Å². The zero-order chi connectivity index (χ0) is 16.9. The maximum absolute atomic E-state index is 14.1. The van der Waals surface area contributed by atoms with Gasteiger partial charge in [-0.3, -0.25) is 4.79 Å². The van der Waals surface area contributed by atoms with E-state index in [1.165, 1.54) is 4.57 Å². The van der Waals surface area contributed by atoms with Gasteiger partial charge in [-0.05, 0) is 35.8 Å². The minimum atomic E-state index is -0.920. The Morgan fingerprint density at radius 1 is 1.61 bits per heavy atom. The molecular weight excluding hydrogens is 371 g/mol. The third-order valence-electron chi connectivity index (χ3n) is 3.85. The zero-order valence-corrected chi connectivity index (χ0v) is 14.0. The van der Waals surface area contributed by atoms with Crippen molar-refractivity contribution in [3.8, 4) is 5.75 Å². The highest BCUT2D eigenvalue weighted by Crippen LogP contribution is 2.41. The van der Waals surface area contributed by atoms with Crippen molar-refractivity contribution in [1.82, 2.24) is 4.57 Å². The first-order valence-electron chi connectivity index (χ1n) is 7.08. The van der Waals surface area contributed by atoms with Crippen LogP contribution < -0.4 is 10.9 Å². The van der Waals surface area contributed by atoms with Gasteiger partial charge in [-0.15, -0.1) is 0 Å². The first kappa shape index (κ1) is 15.8. The fourth-order valence-corrected chi connectivity index (χ4v) is 3.26. The summed E-state index contributed by atoms with van der Waals surface area (Å²) in [7, 11) is 0. The Bertz CT molecular complexity index is 894. The van der Waals surface area contributed by atoms with E-state index in [2.05, 4.69) is 21.2 Å². The van der Waals surface area contributed by atoms with Crippen molar-refractivity contribution in [2.24, 2.45) is 0 Å². The van der Waals surface area contributed by atoms with Crippen LogP contribution >= 0.6 is 15.9 Å².